The highest BCUT2D eigenvalue weighted by Crippen LogP contribution is 2.23. The van der Waals surface area contributed by atoms with Crippen molar-refractivity contribution in [2.24, 2.45) is 0 Å². The van der Waals surface area contributed by atoms with Gasteiger partial charge in [-0.3, -0.25) is 4.79 Å². The Kier molecular flexibility index (Phi) is 5.66. The van der Waals surface area contributed by atoms with Crippen molar-refractivity contribution in [3.8, 4) is 0 Å². The molecule has 3 aromatic rings. The molecule has 0 aliphatic rings. The van der Waals surface area contributed by atoms with E-state index in [1.54, 1.807) is 6.07 Å². The van der Waals surface area contributed by atoms with E-state index in [1.807, 2.05) is 85.4 Å². The summed E-state index contributed by atoms with van der Waals surface area (Å²) >= 11 is 0. The number of carbonyl (C=O) groups excluding carboxylic acids is 1. The summed E-state index contributed by atoms with van der Waals surface area (Å²) in [4.78, 5) is 25.1. The lowest BCUT2D eigenvalue weighted by Gasteiger charge is -2.22. The second kappa shape index (κ2) is 8.31. The topological polar surface area (TPSA) is 61.4 Å². The second-order valence-electron chi connectivity index (χ2n) is 6.24. The minimum atomic E-state index is -0.264. The van der Waals surface area contributed by atoms with Gasteiger partial charge >= 0.3 is 0 Å². The SMILES string of the molecule is CCN(c1ccccc1)c1cc(C(=O)Nc2ccc(N(C)C)cc2)ncn1. The largest absolute Gasteiger partial charge is 0.378 e. The first kappa shape index (κ1) is 18.4. The summed E-state index contributed by atoms with van der Waals surface area (Å²) in [6, 6.07) is 19.3. The maximum Gasteiger partial charge on any atom is 0.274 e. The average Bonchev–Trinajstić information content (AvgIpc) is 2.70. The molecule has 0 saturated carbocycles. The number of amides is 1. The summed E-state index contributed by atoms with van der Waals surface area (Å²) in [5, 5.41) is 2.88. The lowest BCUT2D eigenvalue weighted by atomic mass is 10.2. The number of nitrogens with zero attached hydrogens (tertiary/aromatic N) is 4. The van der Waals surface area contributed by atoms with E-state index in [-0.39, 0.29) is 5.91 Å². The van der Waals surface area contributed by atoms with Gasteiger partial charge in [0, 0.05) is 43.8 Å². The Balaban J connectivity index is 1.79. The maximum atomic E-state index is 12.6. The van der Waals surface area contributed by atoms with Gasteiger partial charge in [0.15, 0.2) is 0 Å². The molecule has 27 heavy (non-hydrogen) atoms. The standard InChI is InChI=1S/C21H23N5O/c1-4-26(18-8-6-5-7-9-18)20-14-19(22-15-23-20)21(27)24-16-10-12-17(13-11-16)25(2)3/h5-15H,4H2,1-3H3,(H,24,27). The van der Waals surface area contributed by atoms with E-state index in [0.29, 0.717) is 11.5 Å². The molecule has 6 nitrogen and oxygen atoms in total. The van der Waals surface area contributed by atoms with Crippen LogP contribution in [0, 0.1) is 0 Å². The third-order valence-electron chi connectivity index (χ3n) is 4.19. The summed E-state index contributed by atoms with van der Waals surface area (Å²) in [6.07, 6.45) is 1.42. The molecule has 1 amide bonds. The monoisotopic (exact) mass is 361 g/mol. The van der Waals surface area contributed by atoms with Crippen LogP contribution >= 0.6 is 0 Å². The van der Waals surface area contributed by atoms with Crippen molar-refractivity contribution in [1.29, 1.82) is 0 Å². The first-order valence-electron chi connectivity index (χ1n) is 8.82. The fraction of sp³-hybridized carbons (Fsp3) is 0.190. The molecule has 0 spiro atoms. The molecule has 0 fully saturated rings. The van der Waals surface area contributed by atoms with Crippen molar-refractivity contribution in [2.45, 2.75) is 6.92 Å². The molecule has 1 aromatic heterocycles. The van der Waals surface area contributed by atoms with Crippen LogP contribution in [-0.2, 0) is 0 Å². The predicted molar refractivity (Wildman–Crippen MR) is 110 cm³/mol. The van der Waals surface area contributed by atoms with Crippen LogP contribution in [0.1, 0.15) is 17.4 Å². The van der Waals surface area contributed by atoms with Gasteiger partial charge in [0.05, 0.1) is 0 Å². The lowest BCUT2D eigenvalue weighted by Crippen LogP contribution is -2.20. The van der Waals surface area contributed by atoms with Gasteiger partial charge in [-0.15, -0.1) is 0 Å². The number of nitrogens with one attached hydrogen (secondary N) is 1. The van der Waals surface area contributed by atoms with Gasteiger partial charge in [-0.25, -0.2) is 9.97 Å². The minimum Gasteiger partial charge on any atom is -0.378 e. The smallest absolute Gasteiger partial charge is 0.274 e. The number of carbonyl (C=O) groups is 1. The second-order valence-corrected chi connectivity index (χ2v) is 6.24. The Morgan fingerprint density at radius 2 is 1.67 bits per heavy atom. The quantitative estimate of drug-likeness (QED) is 0.720. The van der Waals surface area contributed by atoms with Gasteiger partial charge in [-0.2, -0.15) is 0 Å². The van der Waals surface area contributed by atoms with E-state index >= 15 is 0 Å². The summed E-state index contributed by atoms with van der Waals surface area (Å²) in [6.45, 7) is 2.77. The van der Waals surface area contributed by atoms with E-state index in [2.05, 4.69) is 15.3 Å². The molecular formula is C21H23N5O. The van der Waals surface area contributed by atoms with Crippen molar-refractivity contribution in [3.63, 3.8) is 0 Å². The fourth-order valence-corrected chi connectivity index (χ4v) is 2.74. The molecule has 0 unspecified atom stereocenters. The highest BCUT2D eigenvalue weighted by Gasteiger charge is 2.13. The van der Waals surface area contributed by atoms with Crippen molar-refractivity contribution in [3.05, 3.63) is 72.7 Å². The summed E-state index contributed by atoms with van der Waals surface area (Å²) in [5.74, 6) is 0.423. The number of aromatic nitrogens is 2. The van der Waals surface area contributed by atoms with E-state index in [1.165, 1.54) is 6.33 Å². The van der Waals surface area contributed by atoms with Gasteiger partial charge in [0.25, 0.3) is 5.91 Å². The molecule has 0 aliphatic heterocycles. The first-order valence-corrected chi connectivity index (χ1v) is 8.82. The summed E-state index contributed by atoms with van der Waals surface area (Å²) < 4.78 is 0. The normalized spacial score (nSPS) is 10.3. The minimum absolute atomic E-state index is 0.264. The number of anilines is 4. The Morgan fingerprint density at radius 1 is 0.963 bits per heavy atom. The molecule has 0 atom stereocenters. The van der Waals surface area contributed by atoms with Gasteiger partial charge in [-0.1, -0.05) is 18.2 Å². The summed E-state index contributed by atoms with van der Waals surface area (Å²) in [7, 11) is 3.95. The molecule has 1 N–H and O–H groups in total. The number of hydrogen-bond acceptors (Lipinski definition) is 5. The zero-order chi connectivity index (χ0) is 19.2. The number of rotatable bonds is 6. The number of benzene rings is 2. The number of para-hydroxylation sites is 1. The molecule has 6 heteroatoms. The van der Waals surface area contributed by atoms with E-state index < -0.39 is 0 Å². The van der Waals surface area contributed by atoms with Gasteiger partial charge < -0.3 is 15.1 Å². The lowest BCUT2D eigenvalue weighted by molar-refractivity contribution is 0.102. The zero-order valence-electron chi connectivity index (χ0n) is 15.8. The highest BCUT2D eigenvalue weighted by molar-refractivity contribution is 6.03. The van der Waals surface area contributed by atoms with Crippen molar-refractivity contribution >= 4 is 28.8 Å². The molecule has 0 saturated heterocycles. The van der Waals surface area contributed by atoms with Crippen LogP contribution in [0.4, 0.5) is 22.9 Å². The van der Waals surface area contributed by atoms with Gasteiger partial charge in [-0.05, 0) is 43.3 Å². The van der Waals surface area contributed by atoms with Crippen LogP contribution < -0.4 is 15.1 Å². The molecule has 0 radical (unpaired) electrons. The molecule has 0 aliphatic carbocycles. The average molecular weight is 361 g/mol. The van der Waals surface area contributed by atoms with E-state index in [0.717, 1.165) is 23.6 Å². The third-order valence-corrected chi connectivity index (χ3v) is 4.19. The highest BCUT2D eigenvalue weighted by atomic mass is 16.1. The van der Waals surface area contributed by atoms with Crippen LogP contribution in [0.3, 0.4) is 0 Å². The molecule has 3 rings (SSSR count). The Labute approximate surface area is 159 Å². The zero-order valence-corrected chi connectivity index (χ0v) is 15.8. The predicted octanol–water partition coefficient (Wildman–Crippen LogP) is 3.95. The molecule has 2 aromatic carbocycles. The first-order chi connectivity index (χ1) is 13.1. The van der Waals surface area contributed by atoms with Crippen LogP contribution in [0.5, 0.6) is 0 Å². The van der Waals surface area contributed by atoms with Crippen LogP contribution in [0.15, 0.2) is 67.0 Å². The van der Waals surface area contributed by atoms with E-state index in [4.69, 9.17) is 0 Å². The third kappa shape index (κ3) is 4.41. The molecule has 138 valence electrons. The molecule has 0 bridgehead atoms. The van der Waals surface area contributed by atoms with Crippen LogP contribution in [-0.4, -0.2) is 36.5 Å². The Bertz CT molecular complexity index is 894. The molecule has 1 heterocycles. The van der Waals surface area contributed by atoms with Crippen LogP contribution in [0.25, 0.3) is 0 Å². The Morgan fingerprint density at radius 3 is 2.30 bits per heavy atom. The Hall–Kier alpha value is -3.41. The maximum absolute atomic E-state index is 12.6. The van der Waals surface area contributed by atoms with Crippen molar-refractivity contribution < 1.29 is 4.79 Å². The van der Waals surface area contributed by atoms with Gasteiger partial charge in [0.1, 0.15) is 17.8 Å². The van der Waals surface area contributed by atoms with Crippen LogP contribution in [0.2, 0.25) is 0 Å². The van der Waals surface area contributed by atoms with Crippen molar-refractivity contribution in [2.75, 3.05) is 35.8 Å². The molecular weight excluding hydrogens is 338 g/mol. The van der Waals surface area contributed by atoms with Gasteiger partial charge in [0.2, 0.25) is 0 Å². The number of hydrogen-bond donors (Lipinski definition) is 1. The van der Waals surface area contributed by atoms with E-state index in [9.17, 15) is 4.79 Å². The fourth-order valence-electron chi connectivity index (χ4n) is 2.74. The van der Waals surface area contributed by atoms with Crippen molar-refractivity contribution in [1.82, 2.24) is 9.97 Å². The summed E-state index contributed by atoms with van der Waals surface area (Å²) in [5.41, 5.74) is 3.13.